The number of carbonyl (C=O) groups is 1. The Bertz CT molecular complexity index is 489. The molecule has 5 nitrogen and oxygen atoms in total. The van der Waals surface area contributed by atoms with Gasteiger partial charge in [0.05, 0.1) is 5.71 Å². The molecule has 1 aromatic heterocycles. The average Bonchev–Trinajstić information content (AvgIpc) is 2.74. The van der Waals surface area contributed by atoms with Gasteiger partial charge in [-0.05, 0) is 28.4 Å². The molecular weight excluding hydrogens is 288 g/mol. The molecule has 0 saturated carbocycles. The van der Waals surface area contributed by atoms with Gasteiger partial charge >= 0.3 is 5.97 Å². The van der Waals surface area contributed by atoms with Gasteiger partial charge in [-0.25, -0.2) is 4.79 Å². The van der Waals surface area contributed by atoms with Crippen LogP contribution in [-0.4, -0.2) is 27.4 Å². The number of hydrogen-bond acceptors (Lipinski definition) is 4. The number of nitrogens with zero attached hydrogens (tertiary/aromatic N) is 2. The second kappa shape index (κ2) is 4.44. The summed E-state index contributed by atoms with van der Waals surface area (Å²) in [6.07, 6.45) is 3.93. The van der Waals surface area contributed by atoms with E-state index in [4.69, 9.17) is 9.94 Å². The first-order chi connectivity index (χ1) is 8.07. The molecule has 0 radical (unpaired) electrons. The van der Waals surface area contributed by atoms with Gasteiger partial charge in [-0.3, -0.25) is 4.98 Å². The van der Waals surface area contributed by atoms with Crippen LogP contribution in [-0.2, 0) is 9.63 Å². The molecule has 1 atom stereocenters. The Hall–Kier alpha value is -1.43. The van der Waals surface area contributed by atoms with Crippen molar-refractivity contribution in [1.82, 2.24) is 4.98 Å². The molecule has 0 aliphatic carbocycles. The smallest absolute Gasteiger partial charge is 0.351 e. The van der Waals surface area contributed by atoms with E-state index in [0.717, 1.165) is 10.0 Å². The molecule has 0 fully saturated rings. The Morgan fingerprint density at radius 1 is 1.65 bits per heavy atom. The van der Waals surface area contributed by atoms with E-state index in [-0.39, 0.29) is 6.42 Å². The van der Waals surface area contributed by atoms with E-state index in [1.165, 1.54) is 0 Å². The van der Waals surface area contributed by atoms with Crippen LogP contribution in [0.3, 0.4) is 0 Å². The number of carboxylic acids is 1. The van der Waals surface area contributed by atoms with Crippen molar-refractivity contribution in [3.63, 3.8) is 0 Å². The van der Waals surface area contributed by atoms with Crippen LogP contribution in [0.25, 0.3) is 0 Å². The maximum atomic E-state index is 11.2. The summed E-state index contributed by atoms with van der Waals surface area (Å²) < 4.78 is 0.821. The third-order valence-corrected chi connectivity index (χ3v) is 3.22. The largest absolute Gasteiger partial charge is 0.478 e. The molecule has 1 aromatic rings. The molecule has 1 N–H and O–H groups in total. The number of hydrogen-bond donors (Lipinski definition) is 1. The molecule has 1 aliphatic heterocycles. The second-order valence-electron chi connectivity index (χ2n) is 3.85. The van der Waals surface area contributed by atoms with E-state index >= 15 is 0 Å². The maximum absolute atomic E-state index is 11.2. The first kappa shape index (κ1) is 12.0. The topological polar surface area (TPSA) is 71.8 Å². The van der Waals surface area contributed by atoms with E-state index in [2.05, 4.69) is 26.1 Å². The molecular formula is C11H11BrN2O3. The van der Waals surface area contributed by atoms with Gasteiger partial charge in [-0.15, -0.1) is 0 Å². The van der Waals surface area contributed by atoms with E-state index < -0.39 is 11.6 Å². The minimum absolute atomic E-state index is 0.261. The Balaban J connectivity index is 2.25. The van der Waals surface area contributed by atoms with E-state index in [1.54, 1.807) is 19.3 Å². The molecule has 0 bridgehead atoms. The summed E-state index contributed by atoms with van der Waals surface area (Å²) in [5.41, 5.74) is 0.163. The summed E-state index contributed by atoms with van der Waals surface area (Å²) in [5, 5.41) is 13.0. The Labute approximate surface area is 107 Å². The highest BCUT2D eigenvalue weighted by Gasteiger charge is 2.45. The van der Waals surface area contributed by atoms with Crippen molar-refractivity contribution in [3.05, 3.63) is 28.5 Å². The number of carboxylic acid groups (broad SMARTS) is 1. The van der Waals surface area contributed by atoms with Crippen molar-refractivity contribution >= 4 is 27.6 Å². The zero-order chi connectivity index (χ0) is 12.5. The Morgan fingerprint density at radius 2 is 2.41 bits per heavy atom. The highest BCUT2D eigenvalue weighted by molar-refractivity contribution is 9.10. The third kappa shape index (κ3) is 2.17. The van der Waals surface area contributed by atoms with Gasteiger partial charge in [0.2, 0.25) is 5.60 Å². The lowest BCUT2D eigenvalue weighted by Gasteiger charge is -2.18. The third-order valence-electron chi connectivity index (χ3n) is 2.78. The number of halogens is 1. The van der Waals surface area contributed by atoms with Crippen LogP contribution in [0.15, 0.2) is 28.1 Å². The molecule has 0 aromatic carbocycles. The molecule has 2 rings (SSSR count). The van der Waals surface area contributed by atoms with Gasteiger partial charge in [0.15, 0.2) is 0 Å². The van der Waals surface area contributed by atoms with Gasteiger partial charge in [0, 0.05) is 28.9 Å². The average molecular weight is 299 g/mol. The van der Waals surface area contributed by atoms with E-state index in [9.17, 15) is 4.79 Å². The number of pyridine rings is 1. The summed E-state index contributed by atoms with van der Waals surface area (Å²) in [5.74, 6) is -0.985. The monoisotopic (exact) mass is 298 g/mol. The molecule has 1 unspecified atom stereocenters. The van der Waals surface area contributed by atoms with Gasteiger partial charge in [-0.1, -0.05) is 12.1 Å². The summed E-state index contributed by atoms with van der Waals surface area (Å²) in [6, 6.07) is 1.84. The quantitative estimate of drug-likeness (QED) is 0.928. The summed E-state index contributed by atoms with van der Waals surface area (Å²) in [6.45, 7) is 1.77. The highest BCUT2D eigenvalue weighted by atomic mass is 79.9. The second-order valence-corrected chi connectivity index (χ2v) is 4.77. The normalized spacial score (nSPS) is 23.1. The van der Waals surface area contributed by atoms with Crippen molar-refractivity contribution in [2.45, 2.75) is 25.4 Å². The van der Waals surface area contributed by atoms with Crippen LogP contribution in [0.4, 0.5) is 0 Å². The fourth-order valence-electron chi connectivity index (χ4n) is 1.66. The minimum Gasteiger partial charge on any atom is -0.478 e. The first-order valence-corrected chi connectivity index (χ1v) is 5.96. The fraction of sp³-hybridized carbons (Fsp3) is 0.364. The lowest BCUT2D eigenvalue weighted by molar-refractivity contribution is -0.162. The van der Waals surface area contributed by atoms with Crippen LogP contribution >= 0.6 is 15.9 Å². The van der Waals surface area contributed by atoms with Crippen LogP contribution in [0.5, 0.6) is 0 Å². The molecule has 0 amide bonds. The lowest BCUT2D eigenvalue weighted by Crippen LogP contribution is -2.38. The van der Waals surface area contributed by atoms with Crippen molar-refractivity contribution < 1.29 is 14.7 Å². The van der Waals surface area contributed by atoms with Crippen LogP contribution in [0.2, 0.25) is 0 Å². The first-order valence-electron chi connectivity index (χ1n) is 5.17. The predicted octanol–water partition coefficient (Wildman–Crippen LogP) is 2.20. The summed E-state index contributed by atoms with van der Waals surface area (Å²) in [7, 11) is 0. The molecule has 0 spiro atoms. The molecule has 6 heteroatoms. The van der Waals surface area contributed by atoms with Gasteiger partial charge < -0.3 is 9.94 Å². The fourth-order valence-corrected chi connectivity index (χ4v) is 2.02. The number of aromatic nitrogens is 1. The van der Waals surface area contributed by atoms with E-state index in [0.29, 0.717) is 12.1 Å². The zero-order valence-corrected chi connectivity index (χ0v) is 10.8. The van der Waals surface area contributed by atoms with Crippen LogP contribution in [0, 0.1) is 0 Å². The lowest BCUT2D eigenvalue weighted by atomic mass is 9.92. The molecule has 17 heavy (non-hydrogen) atoms. The molecule has 1 aliphatic rings. The summed E-state index contributed by atoms with van der Waals surface area (Å²) in [4.78, 5) is 20.3. The Morgan fingerprint density at radius 3 is 2.94 bits per heavy atom. The number of rotatable bonds is 3. The standard InChI is InChI=1S/C11H11BrN2O3/c1-2-11(10(15)16)4-9(14-17-11)7-3-8(12)6-13-5-7/h3,5-6H,2,4H2,1H3,(H,15,16). The predicted molar refractivity (Wildman–Crippen MR) is 64.8 cm³/mol. The maximum Gasteiger partial charge on any atom is 0.351 e. The molecule has 0 saturated heterocycles. The molecule has 90 valence electrons. The van der Waals surface area contributed by atoms with Gasteiger partial charge in [0.1, 0.15) is 0 Å². The van der Waals surface area contributed by atoms with Crippen molar-refractivity contribution in [2.75, 3.05) is 0 Å². The Kier molecular flexibility index (Phi) is 3.15. The van der Waals surface area contributed by atoms with Crippen LogP contribution < -0.4 is 0 Å². The van der Waals surface area contributed by atoms with Gasteiger partial charge in [-0.2, -0.15) is 0 Å². The van der Waals surface area contributed by atoms with Gasteiger partial charge in [0.25, 0.3) is 0 Å². The van der Waals surface area contributed by atoms with Crippen molar-refractivity contribution in [1.29, 1.82) is 0 Å². The van der Waals surface area contributed by atoms with Crippen molar-refractivity contribution in [2.24, 2.45) is 5.16 Å². The number of oxime groups is 1. The number of aliphatic carboxylic acids is 1. The minimum atomic E-state index is -1.22. The van der Waals surface area contributed by atoms with E-state index in [1.807, 2.05) is 6.07 Å². The SMILES string of the molecule is CCC1(C(=O)O)CC(c2cncc(Br)c2)=NO1. The zero-order valence-electron chi connectivity index (χ0n) is 9.18. The molecule has 2 heterocycles. The van der Waals surface area contributed by atoms with Crippen molar-refractivity contribution in [3.8, 4) is 0 Å². The summed E-state index contributed by atoms with van der Waals surface area (Å²) >= 11 is 3.31. The van der Waals surface area contributed by atoms with Crippen LogP contribution in [0.1, 0.15) is 25.3 Å². The highest BCUT2D eigenvalue weighted by Crippen LogP contribution is 2.30.